The average molecular weight is 216 g/mol. The van der Waals surface area contributed by atoms with Crippen LogP contribution >= 0.6 is 0 Å². The first kappa shape index (κ1) is 14.9. The second-order valence-electron chi connectivity index (χ2n) is 4.83. The van der Waals surface area contributed by atoms with Crippen molar-refractivity contribution >= 4 is 0 Å². The van der Waals surface area contributed by atoms with Gasteiger partial charge in [-0.15, -0.1) is 0 Å². The molecule has 0 aromatic rings. The molecule has 0 rings (SSSR count). The van der Waals surface area contributed by atoms with Crippen molar-refractivity contribution in [1.29, 1.82) is 0 Å². The van der Waals surface area contributed by atoms with Gasteiger partial charge in [-0.05, 0) is 24.7 Å². The lowest BCUT2D eigenvalue weighted by atomic mass is 10.1. The van der Waals surface area contributed by atoms with E-state index in [1.54, 1.807) is 0 Å². The summed E-state index contributed by atoms with van der Waals surface area (Å²) in [7, 11) is 0. The number of ether oxygens (including phenoxy) is 2. The maximum atomic E-state index is 5.71. The van der Waals surface area contributed by atoms with E-state index in [0.29, 0.717) is 30.8 Å². The molecule has 0 amide bonds. The minimum Gasteiger partial charge on any atom is -0.352 e. The van der Waals surface area contributed by atoms with Gasteiger partial charge in [-0.1, -0.05) is 41.5 Å². The van der Waals surface area contributed by atoms with Crippen molar-refractivity contribution in [3.05, 3.63) is 0 Å². The zero-order valence-electron chi connectivity index (χ0n) is 11.2. The first-order chi connectivity index (χ1) is 7.02. The van der Waals surface area contributed by atoms with E-state index in [0.717, 1.165) is 12.8 Å². The smallest absolute Gasteiger partial charge is 0.147 e. The molecule has 0 aliphatic carbocycles. The maximum Gasteiger partial charge on any atom is 0.147 e. The highest BCUT2D eigenvalue weighted by atomic mass is 16.7. The topological polar surface area (TPSA) is 18.5 Å². The zero-order valence-corrected chi connectivity index (χ0v) is 11.2. The molecule has 2 nitrogen and oxygen atoms in total. The molecule has 0 radical (unpaired) electrons. The fourth-order valence-corrected chi connectivity index (χ4v) is 1.78. The third-order valence-corrected chi connectivity index (χ3v) is 2.86. The Bertz CT molecular complexity index is 127. The number of hydrogen-bond donors (Lipinski definition) is 0. The molecular formula is C13H28O2. The lowest BCUT2D eigenvalue weighted by molar-refractivity contribution is -0.138. The van der Waals surface area contributed by atoms with Crippen LogP contribution in [0, 0.1) is 11.8 Å². The molecule has 0 fully saturated rings. The van der Waals surface area contributed by atoms with Crippen molar-refractivity contribution in [2.24, 2.45) is 11.8 Å². The molecule has 0 spiro atoms. The molecule has 0 bridgehead atoms. The summed E-state index contributed by atoms with van der Waals surface area (Å²) in [6.07, 6.45) is 2.77. The molecule has 0 N–H and O–H groups in total. The molecule has 0 aromatic heterocycles. The van der Waals surface area contributed by atoms with E-state index in [4.69, 9.17) is 9.47 Å². The van der Waals surface area contributed by atoms with Crippen molar-refractivity contribution in [1.82, 2.24) is 0 Å². The van der Waals surface area contributed by atoms with Crippen LogP contribution in [0.1, 0.15) is 54.4 Å². The highest BCUT2D eigenvalue weighted by Gasteiger charge is 2.14. The monoisotopic (exact) mass is 216 g/mol. The van der Waals surface area contributed by atoms with Crippen molar-refractivity contribution < 1.29 is 9.47 Å². The summed E-state index contributed by atoms with van der Waals surface area (Å²) in [6, 6.07) is 0. The molecule has 0 aliphatic heterocycles. The van der Waals surface area contributed by atoms with Crippen LogP contribution in [-0.2, 0) is 9.47 Å². The van der Waals surface area contributed by atoms with Gasteiger partial charge in [0.05, 0.1) is 12.2 Å². The van der Waals surface area contributed by atoms with Crippen LogP contribution in [0.3, 0.4) is 0 Å². The molecule has 15 heavy (non-hydrogen) atoms. The van der Waals surface area contributed by atoms with Crippen molar-refractivity contribution in [2.45, 2.75) is 66.6 Å². The van der Waals surface area contributed by atoms with Gasteiger partial charge in [-0.3, -0.25) is 0 Å². The second kappa shape index (κ2) is 8.12. The van der Waals surface area contributed by atoms with Crippen LogP contribution in [-0.4, -0.2) is 19.0 Å². The van der Waals surface area contributed by atoms with E-state index in [1.165, 1.54) is 0 Å². The highest BCUT2D eigenvalue weighted by Crippen LogP contribution is 2.13. The summed E-state index contributed by atoms with van der Waals surface area (Å²) >= 11 is 0. The van der Waals surface area contributed by atoms with E-state index >= 15 is 0 Å². The van der Waals surface area contributed by atoms with Crippen molar-refractivity contribution in [3.8, 4) is 0 Å². The Hall–Kier alpha value is -0.0800. The van der Waals surface area contributed by atoms with Gasteiger partial charge in [-0.25, -0.2) is 0 Å². The summed E-state index contributed by atoms with van der Waals surface area (Å²) < 4.78 is 11.4. The summed E-state index contributed by atoms with van der Waals surface area (Å²) in [5.41, 5.74) is 0. The van der Waals surface area contributed by atoms with Gasteiger partial charge in [0, 0.05) is 0 Å². The molecule has 2 heteroatoms. The minimum absolute atomic E-state index is 0.328. The van der Waals surface area contributed by atoms with Crippen molar-refractivity contribution in [2.75, 3.05) is 6.79 Å². The number of hydrogen-bond acceptors (Lipinski definition) is 2. The molecule has 0 heterocycles. The fourth-order valence-electron chi connectivity index (χ4n) is 1.78. The molecular weight excluding hydrogens is 188 g/mol. The van der Waals surface area contributed by atoms with E-state index in [1.807, 2.05) is 0 Å². The Labute approximate surface area is 95.3 Å². The zero-order chi connectivity index (χ0) is 11.8. The predicted octanol–water partition coefficient (Wildman–Crippen LogP) is 3.85. The predicted molar refractivity (Wildman–Crippen MR) is 64.9 cm³/mol. The Kier molecular flexibility index (Phi) is 8.07. The third kappa shape index (κ3) is 6.16. The first-order valence-electron chi connectivity index (χ1n) is 6.26. The number of rotatable bonds is 8. The largest absolute Gasteiger partial charge is 0.352 e. The van der Waals surface area contributed by atoms with E-state index in [2.05, 4.69) is 41.5 Å². The average Bonchev–Trinajstić information content (AvgIpc) is 2.17. The van der Waals surface area contributed by atoms with Gasteiger partial charge in [-0.2, -0.15) is 0 Å². The van der Waals surface area contributed by atoms with E-state index < -0.39 is 0 Å². The quantitative estimate of drug-likeness (QED) is 0.574. The molecule has 0 saturated carbocycles. The van der Waals surface area contributed by atoms with Gasteiger partial charge in [0.1, 0.15) is 6.79 Å². The van der Waals surface area contributed by atoms with Gasteiger partial charge in [0.15, 0.2) is 0 Å². The van der Waals surface area contributed by atoms with Gasteiger partial charge < -0.3 is 9.47 Å². The SMILES string of the molecule is CCC(OCOC(CC)C(C)C)C(C)C. The molecule has 92 valence electrons. The van der Waals surface area contributed by atoms with Crippen LogP contribution in [0.5, 0.6) is 0 Å². The Morgan fingerprint density at radius 2 is 1.07 bits per heavy atom. The van der Waals surface area contributed by atoms with E-state index in [-0.39, 0.29) is 0 Å². The normalized spacial score (nSPS) is 16.0. The van der Waals surface area contributed by atoms with Crippen LogP contribution in [0.2, 0.25) is 0 Å². The van der Waals surface area contributed by atoms with Crippen LogP contribution in [0.15, 0.2) is 0 Å². The van der Waals surface area contributed by atoms with Crippen LogP contribution < -0.4 is 0 Å². The van der Waals surface area contributed by atoms with Crippen LogP contribution in [0.4, 0.5) is 0 Å². The Balaban J connectivity index is 3.75. The third-order valence-electron chi connectivity index (χ3n) is 2.86. The Morgan fingerprint density at radius 3 is 1.27 bits per heavy atom. The van der Waals surface area contributed by atoms with Gasteiger partial charge in [0.2, 0.25) is 0 Å². The van der Waals surface area contributed by atoms with E-state index in [9.17, 15) is 0 Å². The Morgan fingerprint density at radius 1 is 0.733 bits per heavy atom. The molecule has 2 atom stereocenters. The fraction of sp³-hybridized carbons (Fsp3) is 1.00. The van der Waals surface area contributed by atoms with Crippen molar-refractivity contribution in [3.63, 3.8) is 0 Å². The lowest BCUT2D eigenvalue weighted by Gasteiger charge is -2.24. The summed E-state index contributed by atoms with van der Waals surface area (Å²) in [5.74, 6) is 1.13. The highest BCUT2D eigenvalue weighted by molar-refractivity contribution is 4.60. The molecule has 0 aliphatic rings. The summed E-state index contributed by atoms with van der Waals surface area (Å²) in [5, 5.41) is 0. The minimum atomic E-state index is 0.328. The summed E-state index contributed by atoms with van der Waals surface area (Å²) in [4.78, 5) is 0. The molecule has 2 unspecified atom stereocenters. The van der Waals surface area contributed by atoms with Gasteiger partial charge >= 0.3 is 0 Å². The lowest BCUT2D eigenvalue weighted by Crippen LogP contribution is -2.25. The molecule has 0 aromatic carbocycles. The standard InChI is InChI=1S/C13H28O2/c1-7-12(10(3)4)14-9-15-13(8-2)11(5)6/h10-13H,7-9H2,1-6H3. The first-order valence-corrected chi connectivity index (χ1v) is 6.26. The van der Waals surface area contributed by atoms with Crippen LogP contribution in [0.25, 0.3) is 0 Å². The summed E-state index contributed by atoms with van der Waals surface area (Å²) in [6.45, 7) is 13.5. The second-order valence-corrected chi connectivity index (χ2v) is 4.83. The molecule has 0 saturated heterocycles. The maximum absolute atomic E-state index is 5.71. The van der Waals surface area contributed by atoms with Gasteiger partial charge in [0.25, 0.3) is 0 Å².